The van der Waals surface area contributed by atoms with Crippen LogP contribution in [0.15, 0.2) is 23.1 Å². The van der Waals surface area contributed by atoms with Gasteiger partial charge in [0.05, 0.1) is 4.90 Å². The molecule has 22 heavy (non-hydrogen) atoms. The highest BCUT2D eigenvalue weighted by Gasteiger charge is 2.28. The molecular weight excluding hydrogens is 302 g/mol. The van der Waals surface area contributed by atoms with E-state index in [1.807, 2.05) is 4.90 Å². The summed E-state index contributed by atoms with van der Waals surface area (Å²) in [5.74, 6) is 0. The van der Waals surface area contributed by atoms with Crippen molar-refractivity contribution in [1.29, 1.82) is 0 Å². The maximum atomic E-state index is 12.4. The van der Waals surface area contributed by atoms with Gasteiger partial charge in [-0.1, -0.05) is 0 Å². The summed E-state index contributed by atoms with van der Waals surface area (Å²) in [6.45, 7) is 2.48. The van der Waals surface area contributed by atoms with Crippen molar-refractivity contribution in [3.05, 3.63) is 23.8 Å². The van der Waals surface area contributed by atoms with Crippen LogP contribution in [0.3, 0.4) is 0 Å². The van der Waals surface area contributed by atoms with Gasteiger partial charge in [0.2, 0.25) is 0 Å². The quantitative estimate of drug-likeness (QED) is 0.858. The first-order valence-corrected chi connectivity index (χ1v) is 9.45. The van der Waals surface area contributed by atoms with E-state index in [4.69, 9.17) is 0 Å². The van der Waals surface area contributed by atoms with Gasteiger partial charge >= 0.3 is 6.03 Å². The Hall–Kier alpha value is -1.60. The molecule has 2 heterocycles. The molecule has 0 saturated carbocycles. The number of hydrogen-bond acceptors (Lipinski definition) is 4. The molecule has 2 aliphatic heterocycles. The van der Waals surface area contributed by atoms with E-state index in [9.17, 15) is 13.2 Å². The summed E-state index contributed by atoms with van der Waals surface area (Å²) < 4.78 is 23.4. The van der Waals surface area contributed by atoms with Crippen LogP contribution in [0.25, 0.3) is 0 Å². The first kappa shape index (κ1) is 15.3. The summed E-state index contributed by atoms with van der Waals surface area (Å²) >= 11 is 0. The molecule has 1 fully saturated rings. The Bertz CT molecular complexity index is 681. The number of anilines is 1. The number of nitrogens with one attached hydrogen (secondary N) is 2. The molecule has 1 aromatic carbocycles. The lowest BCUT2D eigenvalue weighted by Crippen LogP contribution is -2.47. The van der Waals surface area contributed by atoms with Crippen LogP contribution in [-0.4, -0.2) is 51.3 Å². The molecule has 2 N–H and O–H groups in total. The summed E-state index contributed by atoms with van der Waals surface area (Å²) in [7, 11) is -3.23. The second-order valence-electron chi connectivity index (χ2n) is 5.95. The number of carbonyl (C=O) groups is 1. The highest BCUT2D eigenvalue weighted by Crippen LogP contribution is 2.26. The van der Waals surface area contributed by atoms with Crippen molar-refractivity contribution in [2.24, 2.45) is 0 Å². The fourth-order valence-corrected chi connectivity index (χ4v) is 3.80. The van der Waals surface area contributed by atoms with Gasteiger partial charge in [-0.3, -0.25) is 0 Å². The topological polar surface area (TPSA) is 78.5 Å². The maximum Gasteiger partial charge on any atom is 0.322 e. The largest absolute Gasteiger partial charge is 0.322 e. The Balaban J connectivity index is 1.84. The molecule has 0 radical (unpaired) electrons. The number of urea groups is 1. The SMILES string of the molecule is CS(=O)(=O)c1ccc2c(c1)CCN(C1CCNCC1)C(=O)N2. The van der Waals surface area contributed by atoms with E-state index in [0.717, 1.165) is 31.5 Å². The summed E-state index contributed by atoms with van der Waals surface area (Å²) in [5, 5.41) is 6.22. The first-order valence-electron chi connectivity index (χ1n) is 7.56. The molecule has 1 saturated heterocycles. The van der Waals surface area contributed by atoms with E-state index in [0.29, 0.717) is 23.5 Å². The lowest BCUT2D eigenvalue weighted by Gasteiger charge is -2.33. The standard InChI is InChI=1S/C15H21N3O3S/c1-22(20,21)13-2-3-14-11(10-13)6-9-18(15(19)17-14)12-4-7-16-8-5-12/h2-3,10,12,16H,4-9H2,1H3,(H,17,19). The zero-order valence-electron chi connectivity index (χ0n) is 12.6. The molecule has 6 nitrogen and oxygen atoms in total. The average Bonchev–Trinajstić information content (AvgIpc) is 2.64. The number of nitrogens with zero attached hydrogens (tertiary/aromatic N) is 1. The molecule has 0 bridgehead atoms. The average molecular weight is 323 g/mol. The second kappa shape index (κ2) is 5.89. The minimum Gasteiger partial charge on any atom is -0.321 e. The van der Waals surface area contributed by atoms with E-state index in [-0.39, 0.29) is 12.1 Å². The van der Waals surface area contributed by atoms with E-state index in [2.05, 4.69) is 10.6 Å². The molecule has 0 aliphatic carbocycles. The molecule has 0 atom stereocenters. The minimum atomic E-state index is -3.23. The second-order valence-corrected chi connectivity index (χ2v) is 7.96. The van der Waals surface area contributed by atoms with Crippen molar-refractivity contribution in [3.8, 4) is 0 Å². The van der Waals surface area contributed by atoms with Gasteiger partial charge in [-0.15, -0.1) is 0 Å². The van der Waals surface area contributed by atoms with Crippen LogP contribution in [0, 0.1) is 0 Å². The molecule has 0 unspecified atom stereocenters. The number of piperidine rings is 1. The maximum absolute atomic E-state index is 12.4. The minimum absolute atomic E-state index is 0.0854. The Kier molecular flexibility index (Phi) is 4.10. The summed E-state index contributed by atoms with van der Waals surface area (Å²) in [5.41, 5.74) is 1.60. The third kappa shape index (κ3) is 3.10. The van der Waals surface area contributed by atoms with Crippen LogP contribution in [-0.2, 0) is 16.3 Å². The van der Waals surface area contributed by atoms with Gasteiger partial charge in [0, 0.05) is 24.5 Å². The van der Waals surface area contributed by atoms with Gasteiger partial charge in [-0.2, -0.15) is 0 Å². The number of rotatable bonds is 2. The van der Waals surface area contributed by atoms with Crippen LogP contribution in [0.4, 0.5) is 10.5 Å². The molecule has 7 heteroatoms. The van der Waals surface area contributed by atoms with E-state index >= 15 is 0 Å². The van der Waals surface area contributed by atoms with Crippen molar-refractivity contribution in [2.45, 2.75) is 30.2 Å². The van der Waals surface area contributed by atoms with Gasteiger partial charge in [0.15, 0.2) is 9.84 Å². The fourth-order valence-electron chi connectivity index (χ4n) is 3.13. The lowest BCUT2D eigenvalue weighted by molar-refractivity contribution is 0.173. The normalized spacial score (nSPS) is 20.2. The number of amides is 2. The molecule has 3 rings (SSSR count). The predicted molar refractivity (Wildman–Crippen MR) is 84.9 cm³/mol. The van der Waals surface area contributed by atoms with Crippen molar-refractivity contribution in [1.82, 2.24) is 10.2 Å². The molecule has 0 aromatic heterocycles. The van der Waals surface area contributed by atoms with Crippen LogP contribution >= 0.6 is 0 Å². The summed E-state index contributed by atoms with van der Waals surface area (Å²) in [6, 6.07) is 5.09. The highest BCUT2D eigenvalue weighted by atomic mass is 32.2. The zero-order valence-corrected chi connectivity index (χ0v) is 13.4. The molecule has 120 valence electrons. The van der Waals surface area contributed by atoms with Crippen molar-refractivity contribution in [3.63, 3.8) is 0 Å². The Morgan fingerprint density at radius 2 is 1.95 bits per heavy atom. The van der Waals surface area contributed by atoms with E-state index < -0.39 is 9.84 Å². The number of hydrogen-bond donors (Lipinski definition) is 2. The number of benzene rings is 1. The van der Waals surface area contributed by atoms with Gasteiger partial charge in [-0.25, -0.2) is 13.2 Å². The van der Waals surface area contributed by atoms with Crippen molar-refractivity contribution in [2.75, 3.05) is 31.2 Å². The van der Waals surface area contributed by atoms with Gasteiger partial charge in [-0.05, 0) is 56.1 Å². The van der Waals surface area contributed by atoms with Gasteiger partial charge in [0.1, 0.15) is 0 Å². The lowest BCUT2D eigenvalue weighted by atomic mass is 10.0. The number of carbonyl (C=O) groups excluding carboxylic acids is 1. The smallest absolute Gasteiger partial charge is 0.321 e. The Morgan fingerprint density at radius 3 is 2.64 bits per heavy atom. The predicted octanol–water partition coefficient (Wildman–Crippen LogP) is 1.23. The number of fused-ring (bicyclic) bond motifs is 1. The molecular formula is C15H21N3O3S. The third-order valence-electron chi connectivity index (χ3n) is 4.38. The third-order valence-corrected chi connectivity index (χ3v) is 5.49. The molecule has 0 spiro atoms. The van der Waals surface area contributed by atoms with Gasteiger partial charge in [0.25, 0.3) is 0 Å². The fraction of sp³-hybridized carbons (Fsp3) is 0.533. The van der Waals surface area contributed by atoms with Crippen LogP contribution in [0.2, 0.25) is 0 Å². The van der Waals surface area contributed by atoms with Gasteiger partial charge < -0.3 is 15.5 Å². The van der Waals surface area contributed by atoms with Crippen molar-refractivity contribution < 1.29 is 13.2 Å². The highest BCUT2D eigenvalue weighted by molar-refractivity contribution is 7.90. The number of sulfone groups is 1. The zero-order chi connectivity index (χ0) is 15.7. The Labute approximate surface area is 130 Å². The summed E-state index contributed by atoms with van der Waals surface area (Å²) in [6.07, 6.45) is 3.78. The molecule has 1 aromatic rings. The van der Waals surface area contributed by atoms with Crippen LogP contribution in [0.1, 0.15) is 18.4 Å². The van der Waals surface area contributed by atoms with E-state index in [1.165, 1.54) is 6.26 Å². The van der Waals surface area contributed by atoms with Crippen molar-refractivity contribution >= 4 is 21.6 Å². The summed E-state index contributed by atoms with van der Waals surface area (Å²) in [4.78, 5) is 14.6. The van der Waals surface area contributed by atoms with Crippen LogP contribution in [0.5, 0.6) is 0 Å². The monoisotopic (exact) mass is 323 g/mol. The molecule has 2 amide bonds. The van der Waals surface area contributed by atoms with Crippen LogP contribution < -0.4 is 10.6 Å². The first-order chi connectivity index (χ1) is 10.4. The molecule has 2 aliphatic rings. The Morgan fingerprint density at radius 1 is 1.23 bits per heavy atom. The van der Waals surface area contributed by atoms with E-state index in [1.54, 1.807) is 18.2 Å².